The lowest BCUT2D eigenvalue weighted by molar-refractivity contribution is 0.0934. The van der Waals surface area contributed by atoms with Crippen molar-refractivity contribution in [2.24, 2.45) is 0 Å². The largest absolute Gasteiger partial charge is 0.497 e. The lowest BCUT2D eigenvalue weighted by atomic mass is 10.2. The van der Waals surface area contributed by atoms with Gasteiger partial charge in [0.05, 0.1) is 17.8 Å². The second-order valence-corrected chi connectivity index (χ2v) is 5.55. The minimum absolute atomic E-state index is 0.108. The molecule has 1 aromatic carbocycles. The third-order valence-electron chi connectivity index (χ3n) is 3.38. The first-order valence-corrected chi connectivity index (χ1v) is 7.72. The topological polar surface area (TPSA) is 76.2 Å². The fourth-order valence-electron chi connectivity index (χ4n) is 1.83. The lowest BCUT2D eigenvalue weighted by Crippen LogP contribution is -2.32. The zero-order valence-corrected chi connectivity index (χ0v) is 14.1. The van der Waals surface area contributed by atoms with Gasteiger partial charge in [0.15, 0.2) is 0 Å². The molecule has 124 valence electrons. The van der Waals surface area contributed by atoms with Gasteiger partial charge >= 0.3 is 0 Å². The van der Waals surface area contributed by atoms with E-state index in [1.54, 1.807) is 31.4 Å². The van der Waals surface area contributed by atoms with Crippen molar-refractivity contribution >= 4 is 17.5 Å². The van der Waals surface area contributed by atoms with Gasteiger partial charge in [-0.15, -0.1) is 0 Å². The van der Waals surface area contributed by atoms with Gasteiger partial charge in [-0.2, -0.15) is 5.10 Å². The van der Waals surface area contributed by atoms with E-state index in [0.29, 0.717) is 27.9 Å². The van der Waals surface area contributed by atoms with E-state index in [0.717, 1.165) is 6.42 Å². The maximum atomic E-state index is 12.0. The molecule has 2 aromatic rings. The van der Waals surface area contributed by atoms with Crippen molar-refractivity contribution < 1.29 is 14.3 Å². The Morgan fingerprint density at radius 3 is 2.87 bits per heavy atom. The number of methoxy groups -OCH3 is 1. The van der Waals surface area contributed by atoms with E-state index in [9.17, 15) is 4.79 Å². The number of benzene rings is 1. The van der Waals surface area contributed by atoms with Gasteiger partial charge in [0, 0.05) is 12.1 Å². The molecule has 0 radical (unpaired) electrons. The minimum Gasteiger partial charge on any atom is -0.497 e. The molecule has 0 saturated heterocycles. The van der Waals surface area contributed by atoms with E-state index in [-0.39, 0.29) is 18.6 Å². The van der Waals surface area contributed by atoms with Crippen LogP contribution >= 0.6 is 11.6 Å². The molecule has 0 aliphatic heterocycles. The highest BCUT2D eigenvalue weighted by Gasteiger charge is 2.13. The van der Waals surface area contributed by atoms with E-state index >= 15 is 0 Å². The van der Waals surface area contributed by atoms with E-state index in [2.05, 4.69) is 15.5 Å². The van der Waals surface area contributed by atoms with Crippen LogP contribution in [0.5, 0.6) is 11.5 Å². The molecule has 0 saturated carbocycles. The SMILES string of the molecule is CC[C@@H](C)NC(=O)c1cc(COc2ccc(OC)cc2Cl)[nH]n1. The lowest BCUT2D eigenvalue weighted by Gasteiger charge is -2.09. The standard InChI is InChI=1S/C16H20ClN3O3/c1-4-10(2)18-16(21)14-7-11(19-20-14)9-23-15-6-5-12(22-3)8-13(15)17/h5-8,10H,4,9H2,1-3H3,(H,18,21)(H,19,20)/t10-/m1/s1. The van der Waals surface area contributed by atoms with Crippen molar-refractivity contribution in [3.8, 4) is 11.5 Å². The molecule has 0 bridgehead atoms. The normalized spacial score (nSPS) is 11.8. The molecule has 0 spiro atoms. The molecule has 0 unspecified atom stereocenters. The maximum Gasteiger partial charge on any atom is 0.271 e. The predicted molar refractivity (Wildman–Crippen MR) is 88.1 cm³/mol. The summed E-state index contributed by atoms with van der Waals surface area (Å²) in [6.45, 7) is 4.18. The van der Waals surface area contributed by atoms with E-state index in [1.807, 2.05) is 13.8 Å². The minimum atomic E-state index is -0.204. The quantitative estimate of drug-likeness (QED) is 0.813. The first kappa shape index (κ1) is 17.1. The van der Waals surface area contributed by atoms with E-state index in [1.165, 1.54) is 0 Å². The molecule has 0 aliphatic carbocycles. The molecule has 1 atom stereocenters. The van der Waals surface area contributed by atoms with Gasteiger partial charge in [-0.05, 0) is 31.5 Å². The summed E-state index contributed by atoms with van der Waals surface area (Å²) in [4.78, 5) is 12.0. The predicted octanol–water partition coefficient (Wildman–Crippen LogP) is 3.18. The number of carbonyl (C=O) groups excluding carboxylic acids is 1. The van der Waals surface area contributed by atoms with E-state index < -0.39 is 0 Å². The molecular formula is C16H20ClN3O3. The van der Waals surface area contributed by atoms with Gasteiger partial charge < -0.3 is 14.8 Å². The number of nitrogens with zero attached hydrogens (tertiary/aromatic N) is 1. The summed E-state index contributed by atoms with van der Waals surface area (Å²) in [6.07, 6.45) is 0.863. The molecule has 2 rings (SSSR count). The first-order valence-electron chi connectivity index (χ1n) is 7.35. The molecule has 6 nitrogen and oxygen atoms in total. The highest BCUT2D eigenvalue weighted by atomic mass is 35.5. The van der Waals surface area contributed by atoms with Crippen LogP contribution in [-0.2, 0) is 6.61 Å². The number of hydrogen-bond acceptors (Lipinski definition) is 4. The highest BCUT2D eigenvalue weighted by molar-refractivity contribution is 6.32. The van der Waals surface area contributed by atoms with Gasteiger partial charge in [-0.1, -0.05) is 18.5 Å². The van der Waals surface area contributed by atoms with Gasteiger partial charge in [0.2, 0.25) is 0 Å². The summed E-state index contributed by atoms with van der Waals surface area (Å²) >= 11 is 6.11. The second-order valence-electron chi connectivity index (χ2n) is 5.15. The summed E-state index contributed by atoms with van der Waals surface area (Å²) in [5.41, 5.74) is 1.02. The van der Waals surface area contributed by atoms with Crippen LogP contribution in [0, 0.1) is 0 Å². The number of aromatic nitrogens is 2. The fourth-order valence-corrected chi connectivity index (χ4v) is 2.06. The van der Waals surface area contributed by atoms with Crippen LogP contribution in [0.1, 0.15) is 36.5 Å². The maximum absolute atomic E-state index is 12.0. The molecule has 1 aromatic heterocycles. The van der Waals surface area contributed by atoms with Crippen LogP contribution in [0.2, 0.25) is 5.02 Å². The van der Waals surface area contributed by atoms with Crippen molar-refractivity contribution in [1.82, 2.24) is 15.5 Å². The van der Waals surface area contributed by atoms with Crippen LogP contribution < -0.4 is 14.8 Å². The highest BCUT2D eigenvalue weighted by Crippen LogP contribution is 2.29. The van der Waals surface area contributed by atoms with Gasteiger partial charge in [-0.3, -0.25) is 9.89 Å². The third-order valence-corrected chi connectivity index (χ3v) is 3.67. The van der Waals surface area contributed by atoms with Crippen molar-refractivity contribution in [3.05, 3.63) is 40.7 Å². The summed E-state index contributed by atoms with van der Waals surface area (Å²) in [6, 6.07) is 6.94. The number of ether oxygens (including phenoxy) is 2. The molecule has 0 aliphatic rings. The van der Waals surface area contributed by atoms with Crippen LogP contribution in [0.3, 0.4) is 0 Å². The Morgan fingerprint density at radius 1 is 1.43 bits per heavy atom. The van der Waals surface area contributed by atoms with Crippen LogP contribution in [0.25, 0.3) is 0 Å². The van der Waals surface area contributed by atoms with Gasteiger partial charge in [0.1, 0.15) is 23.8 Å². The average Bonchev–Trinajstić information content (AvgIpc) is 3.02. The number of hydrogen-bond donors (Lipinski definition) is 2. The van der Waals surface area contributed by atoms with Gasteiger partial charge in [0.25, 0.3) is 5.91 Å². The van der Waals surface area contributed by atoms with Crippen molar-refractivity contribution in [3.63, 3.8) is 0 Å². The average molecular weight is 338 g/mol. The number of rotatable bonds is 7. The van der Waals surface area contributed by atoms with Crippen molar-refractivity contribution in [2.75, 3.05) is 7.11 Å². The second kappa shape index (κ2) is 7.87. The number of carbonyl (C=O) groups is 1. The summed E-state index contributed by atoms with van der Waals surface area (Å²) < 4.78 is 10.7. The number of halogens is 1. The molecule has 1 amide bonds. The Kier molecular flexibility index (Phi) is 5.87. The zero-order valence-electron chi connectivity index (χ0n) is 13.4. The molecule has 7 heteroatoms. The smallest absolute Gasteiger partial charge is 0.271 e. The third kappa shape index (κ3) is 4.63. The Hall–Kier alpha value is -2.21. The number of H-pyrrole nitrogens is 1. The molecule has 1 heterocycles. The molecule has 2 N–H and O–H groups in total. The Balaban J connectivity index is 1.96. The molecule has 0 fully saturated rings. The van der Waals surface area contributed by atoms with Gasteiger partial charge in [-0.25, -0.2) is 0 Å². The first-order chi connectivity index (χ1) is 11.0. The molecule has 23 heavy (non-hydrogen) atoms. The van der Waals surface area contributed by atoms with Crippen LogP contribution in [0.4, 0.5) is 0 Å². The van der Waals surface area contributed by atoms with Crippen LogP contribution in [-0.4, -0.2) is 29.3 Å². The number of nitrogens with one attached hydrogen (secondary N) is 2. The monoisotopic (exact) mass is 337 g/mol. The molecular weight excluding hydrogens is 318 g/mol. The Labute approximate surface area is 140 Å². The summed E-state index contributed by atoms with van der Waals surface area (Å²) in [5.74, 6) is 0.991. The van der Waals surface area contributed by atoms with Crippen molar-refractivity contribution in [1.29, 1.82) is 0 Å². The van der Waals surface area contributed by atoms with Crippen LogP contribution in [0.15, 0.2) is 24.3 Å². The summed E-state index contributed by atoms with van der Waals surface area (Å²) in [5, 5.41) is 10.1. The number of amides is 1. The fraction of sp³-hybridized carbons (Fsp3) is 0.375. The summed E-state index contributed by atoms with van der Waals surface area (Å²) in [7, 11) is 1.57. The van der Waals surface area contributed by atoms with Crippen molar-refractivity contribution in [2.45, 2.75) is 32.9 Å². The number of aromatic amines is 1. The Bertz CT molecular complexity index is 672. The van der Waals surface area contributed by atoms with E-state index in [4.69, 9.17) is 21.1 Å². The Morgan fingerprint density at radius 2 is 2.22 bits per heavy atom. The zero-order chi connectivity index (χ0) is 16.8.